The summed E-state index contributed by atoms with van der Waals surface area (Å²) >= 11 is 3.44. The van der Waals surface area contributed by atoms with Crippen molar-refractivity contribution in [2.24, 2.45) is 0 Å². The van der Waals surface area contributed by atoms with Crippen molar-refractivity contribution in [3.63, 3.8) is 0 Å². The number of carboxylic acid groups (broad SMARTS) is 1. The number of rotatable bonds is 4. The Labute approximate surface area is 125 Å². The Morgan fingerprint density at radius 2 is 2.00 bits per heavy atom. The highest BCUT2D eigenvalue weighted by molar-refractivity contribution is 9.10. The van der Waals surface area contributed by atoms with Crippen molar-refractivity contribution >= 4 is 27.8 Å². The van der Waals surface area contributed by atoms with Crippen LogP contribution in [0.15, 0.2) is 28.7 Å². The van der Waals surface area contributed by atoms with Crippen molar-refractivity contribution < 1.29 is 19.4 Å². The summed E-state index contributed by atoms with van der Waals surface area (Å²) in [6.07, 6.45) is -0.743. The highest BCUT2D eigenvalue weighted by atomic mass is 79.9. The van der Waals surface area contributed by atoms with Gasteiger partial charge in [-0.3, -0.25) is 4.79 Å². The van der Waals surface area contributed by atoms with Crippen molar-refractivity contribution in [1.29, 1.82) is 0 Å². The summed E-state index contributed by atoms with van der Waals surface area (Å²) in [6, 6.07) is 7.45. The molecule has 0 saturated carbocycles. The van der Waals surface area contributed by atoms with E-state index < -0.39 is 18.2 Å². The molecule has 0 bridgehead atoms. The number of carboxylic acids is 1. The molecular formula is C14H16BrNO4. The van der Waals surface area contributed by atoms with Gasteiger partial charge in [0.15, 0.2) is 6.10 Å². The third-order valence-electron chi connectivity index (χ3n) is 3.32. The van der Waals surface area contributed by atoms with Crippen LogP contribution in [-0.2, 0) is 14.3 Å². The number of halogens is 1. The van der Waals surface area contributed by atoms with E-state index in [4.69, 9.17) is 9.84 Å². The van der Waals surface area contributed by atoms with Gasteiger partial charge in [-0.1, -0.05) is 34.1 Å². The molecule has 2 unspecified atom stereocenters. The van der Waals surface area contributed by atoms with Crippen LogP contribution >= 0.6 is 15.9 Å². The van der Waals surface area contributed by atoms with Gasteiger partial charge < -0.3 is 15.2 Å². The molecule has 1 aromatic carbocycles. The first-order valence-corrected chi connectivity index (χ1v) is 7.21. The molecule has 20 heavy (non-hydrogen) atoms. The maximum atomic E-state index is 12.1. The zero-order valence-corrected chi connectivity index (χ0v) is 12.6. The highest BCUT2D eigenvalue weighted by Gasteiger charge is 2.35. The molecule has 1 amide bonds. The molecule has 2 N–H and O–H groups in total. The van der Waals surface area contributed by atoms with E-state index in [1.165, 1.54) is 0 Å². The van der Waals surface area contributed by atoms with Gasteiger partial charge in [-0.05, 0) is 31.4 Å². The molecule has 1 aromatic rings. The second-order valence-corrected chi connectivity index (χ2v) is 5.64. The second kappa shape index (κ2) is 6.37. The molecule has 0 radical (unpaired) electrons. The Balaban J connectivity index is 1.95. The Hall–Kier alpha value is -1.40. The Bertz CT molecular complexity index is 520. The molecule has 5 nitrogen and oxygen atoms in total. The molecule has 1 aliphatic rings. The zero-order valence-electron chi connectivity index (χ0n) is 11.0. The Morgan fingerprint density at radius 3 is 2.60 bits per heavy atom. The highest BCUT2D eigenvalue weighted by Crippen LogP contribution is 2.24. The van der Waals surface area contributed by atoms with Gasteiger partial charge in [-0.2, -0.15) is 0 Å². The van der Waals surface area contributed by atoms with Crippen LogP contribution in [0, 0.1) is 0 Å². The number of aliphatic carboxylic acids is 1. The minimum atomic E-state index is -1.01. The lowest BCUT2D eigenvalue weighted by atomic mass is 10.1. The van der Waals surface area contributed by atoms with Crippen LogP contribution in [0.5, 0.6) is 0 Å². The molecule has 1 saturated heterocycles. The molecule has 2 rings (SSSR count). The SMILES string of the molecule is C[C@@H](NC(=O)C1CCC(C(=O)O)O1)c1ccccc1Br. The first-order chi connectivity index (χ1) is 9.49. The number of nitrogens with one attached hydrogen (secondary N) is 1. The van der Waals surface area contributed by atoms with Gasteiger partial charge in [0.25, 0.3) is 0 Å². The van der Waals surface area contributed by atoms with E-state index in [2.05, 4.69) is 21.2 Å². The average Bonchev–Trinajstić information content (AvgIpc) is 2.88. The molecule has 0 aliphatic carbocycles. The van der Waals surface area contributed by atoms with Crippen molar-refractivity contribution in [1.82, 2.24) is 5.32 Å². The van der Waals surface area contributed by atoms with Gasteiger partial charge in [0.05, 0.1) is 6.04 Å². The normalized spacial score (nSPS) is 23.3. The van der Waals surface area contributed by atoms with Crippen LogP contribution in [0.4, 0.5) is 0 Å². The Kier molecular flexibility index (Phi) is 4.77. The summed E-state index contributed by atoms with van der Waals surface area (Å²) in [4.78, 5) is 22.9. The molecule has 1 heterocycles. The fraction of sp³-hybridized carbons (Fsp3) is 0.429. The third kappa shape index (κ3) is 3.37. The van der Waals surface area contributed by atoms with E-state index in [9.17, 15) is 9.59 Å². The van der Waals surface area contributed by atoms with Gasteiger partial charge in [-0.25, -0.2) is 4.79 Å². The van der Waals surface area contributed by atoms with Gasteiger partial charge in [0, 0.05) is 4.47 Å². The third-order valence-corrected chi connectivity index (χ3v) is 4.04. The predicted molar refractivity (Wildman–Crippen MR) is 76.2 cm³/mol. The van der Waals surface area contributed by atoms with E-state index in [0.29, 0.717) is 12.8 Å². The van der Waals surface area contributed by atoms with Crippen LogP contribution in [0.1, 0.15) is 31.4 Å². The van der Waals surface area contributed by atoms with E-state index in [0.717, 1.165) is 10.0 Å². The number of amides is 1. The van der Waals surface area contributed by atoms with Crippen LogP contribution in [0.25, 0.3) is 0 Å². The lowest BCUT2D eigenvalue weighted by Gasteiger charge is -2.18. The summed E-state index contributed by atoms with van der Waals surface area (Å²) < 4.78 is 6.15. The predicted octanol–water partition coefficient (Wildman–Crippen LogP) is 2.26. The lowest BCUT2D eigenvalue weighted by Crippen LogP contribution is -2.37. The summed E-state index contributed by atoms with van der Waals surface area (Å²) in [5.74, 6) is -1.28. The molecule has 3 atom stereocenters. The van der Waals surface area contributed by atoms with E-state index in [1.807, 2.05) is 31.2 Å². The van der Waals surface area contributed by atoms with Gasteiger partial charge in [-0.15, -0.1) is 0 Å². The lowest BCUT2D eigenvalue weighted by molar-refractivity contribution is -0.151. The minimum absolute atomic E-state index is 0.175. The maximum Gasteiger partial charge on any atom is 0.332 e. The largest absolute Gasteiger partial charge is 0.479 e. The summed E-state index contributed by atoms with van der Waals surface area (Å²) in [5.41, 5.74) is 0.966. The summed E-state index contributed by atoms with van der Waals surface area (Å²) in [6.45, 7) is 1.88. The van der Waals surface area contributed by atoms with E-state index in [1.54, 1.807) is 0 Å². The molecule has 108 valence electrons. The van der Waals surface area contributed by atoms with Crippen LogP contribution < -0.4 is 5.32 Å². The van der Waals surface area contributed by atoms with E-state index in [-0.39, 0.29) is 11.9 Å². The summed E-state index contributed by atoms with van der Waals surface area (Å²) in [5, 5.41) is 11.7. The maximum absolute atomic E-state index is 12.1. The first-order valence-electron chi connectivity index (χ1n) is 6.42. The quantitative estimate of drug-likeness (QED) is 0.880. The number of benzene rings is 1. The van der Waals surface area contributed by atoms with Gasteiger partial charge >= 0.3 is 5.97 Å². The molecule has 1 aliphatic heterocycles. The Morgan fingerprint density at radius 1 is 1.35 bits per heavy atom. The number of hydrogen-bond acceptors (Lipinski definition) is 3. The van der Waals surface area contributed by atoms with Gasteiger partial charge in [0.1, 0.15) is 6.10 Å². The fourth-order valence-electron chi connectivity index (χ4n) is 2.22. The number of carbonyl (C=O) groups is 2. The molecule has 0 spiro atoms. The first kappa shape index (κ1) is 15.0. The molecule has 1 fully saturated rings. The monoisotopic (exact) mass is 341 g/mol. The molecule has 6 heteroatoms. The van der Waals surface area contributed by atoms with Crippen molar-refractivity contribution in [3.8, 4) is 0 Å². The number of carbonyl (C=O) groups excluding carboxylic acids is 1. The topological polar surface area (TPSA) is 75.6 Å². The number of hydrogen-bond donors (Lipinski definition) is 2. The second-order valence-electron chi connectivity index (χ2n) is 4.78. The summed E-state index contributed by atoms with van der Waals surface area (Å²) in [7, 11) is 0. The fourth-order valence-corrected chi connectivity index (χ4v) is 2.85. The van der Waals surface area contributed by atoms with Crippen molar-refractivity contribution in [2.75, 3.05) is 0 Å². The minimum Gasteiger partial charge on any atom is -0.479 e. The van der Waals surface area contributed by atoms with Crippen molar-refractivity contribution in [2.45, 2.75) is 38.0 Å². The smallest absolute Gasteiger partial charge is 0.332 e. The van der Waals surface area contributed by atoms with Crippen LogP contribution in [0.3, 0.4) is 0 Å². The number of ether oxygens (including phenoxy) is 1. The molecule has 0 aromatic heterocycles. The average molecular weight is 342 g/mol. The van der Waals surface area contributed by atoms with E-state index >= 15 is 0 Å². The molecular weight excluding hydrogens is 326 g/mol. The van der Waals surface area contributed by atoms with Crippen LogP contribution in [0.2, 0.25) is 0 Å². The van der Waals surface area contributed by atoms with Crippen molar-refractivity contribution in [3.05, 3.63) is 34.3 Å². The van der Waals surface area contributed by atoms with Gasteiger partial charge in [0.2, 0.25) is 5.91 Å². The zero-order chi connectivity index (χ0) is 14.7. The van der Waals surface area contributed by atoms with Crippen LogP contribution in [-0.4, -0.2) is 29.2 Å². The standard InChI is InChI=1S/C14H16BrNO4/c1-8(9-4-2-3-5-10(9)15)16-13(17)11-6-7-12(20-11)14(18)19/h2-5,8,11-12H,6-7H2,1H3,(H,16,17)(H,18,19)/t8-,11?,12?/m1/s1.